The van der Waals surface area contributed by atoms with Crippen LogP contribution < -0.4 is 5.56 Å². The normalized spacial score (nSPS) is 20.9. The predicted molar refractivity (Wildman–Crippen MR) is 126 cm³/mol. The van der Waals surface area contributed by atoms with Gasteiger partial charge in [-0.15, -0.1) is 0 Å². The Bertz CT molecular complexity index is 981. The molecule has 1 aromatic heterocycles. The summed E-state index contributed by atoms with van der Waals surface area (Å²) in [6.45, 7) is 4.41. The Balaban J connectivity index is 1.77. The van der Waals surface area contributed by atoms with Crippen molar-refractivity contribution in [2.45, 2.75) is 106 Å². The SMILES string of the molecule is CC(C)Sc1nc2c(c(=O)n1C1CCCCC1)C1(CCCCC1)Cc1ccccc1-2. The molecule has 1 spiro atoms. The highest BCUT2D eigenvalue weighted by Crippen LogP contribution is 2.49. The first-order chi connectivity index (χ1) is 14.6. The molecule has 5 rings (SSSR count). The fraction of sp³-hybridized carbons (Fsp3) is 0.615. The molecule has 0 bridgehead atoms. The molecule has 0 amide bonds. The van der Waals surface area contributed by atoms with E-state index in [2.05, 4.69) is 42.7 Å². The summed E-state index contributed by atoms with van der Waals surface area (Å²) in [5.74, 6) is 0. The van der Waals surface area contributed by atoms with Gasteiger partial charge in [0, 0.05) is 22.3 Å². The average Bonchev–Trinajstić information content (AvgIpc) is 2.74. The van der Waals surface area contributed by atoms with Crippen LogP contribution in [0.1, 0.15) is 95.2 Å². The molecule has 1 heterocycles. The van der Waals surface area contributed by atoms with Gasteiger partial charge in [-0.2, -0.15) is 0 Å². The van der Waals surface area contributed by atoms with Gasteiger partial charge in [-0.25, -0.2) is 4.98 Å². The lowest BCUT2D eigenvalue weighted by atomic mass is 9.62. The maximum atomic E-state index is 14.3. The molecule has 0 aliphatic heterocycles. The first kappa shape index (κ1) is 20.4. The zero-order chi connectivity index (χ0) is 20.7. The molecular formula is C26H34N2OS. The van der Waals surface area contributed by atoms with E-state index in [9.17, 15) is 4.79 Å². The number of rotatable bonds is 3. The number of aromatic nitrogens is 2. The smallest absolute Gasteiger partial charge is 0.258 e. The fourth-order valence-electron chi connectivity index (χ4n) is 6.16. The Labute approximate surface area is 184 Å². The van der Waals surface area contributed by atoms with Crippen molar-refractivity contribution < 1.29 is 0 Å². The molecule has 0 unspecified atom stereocenters. The van der Waals surface area contributed by atoms with Crippen LogP contribution in [0.25, 0.3) is 11.3 Å². The maximum Gasteiger partial charge on any atom is 0.258 e. The molecule has 1 aromatic carbocycles. The molecular weight excluding hydrogens is 388 g/mol. The maximum absolute atomic E-state index is 14.3. The van der Waals surface area contributed by atoms with Crippen LogP contribution in [-0.4, -0.2) is 14.8 Å². The third kappa shape index (κ3) is 3.45. The van der Waals surface area contributed by atoms with Crippen molar-refractivity contribution in [1.82, 2.24) is 9.55 Å². The highest BCUT2D eigenvalue weighted by atomic mass is 32.2. The lowest BCUT2D eigenvalue weighted by Crippen LogP contribution is -2.44. The number of thioether (sulfide) groups is 1. The third-order valence-electron chi connectivity index (χ3n) is 7.51. The molecule has 0 saturated heterocycles. The number of fused-ring (bicyclic) bond motifs is 4. The van der Waals surface area contributed by atoms with E-state index < -0.39 is 0 Å². The molecule has 0 N–H and O–H groups in total. The van der Waals surface area contributed by atoms with Crippen molar-refractivity contribution in [2.75, 3.05) is 0 Å². The van der Waals surface area contributed by atoms with Crippen LogP contribution in [-0.2, 0) is 11.8 Å². The van der Waals surface area contributed by atoms with Crippen molar-refractivity contribution >= 4 is 11.8 Å². The standard InChI is InChI=1S/C26H34N2OS/c1-18(2)30-25-27-23-21-14-8-7-11-19(21)17-26(15-9-4-10-16-26)22(23)24(29)28(25)20-12-5-3-6-13-20/h7-8,11,14,18,20H,3-6,9-10,12-13,15-17H2,1-2H3. The third-order valence-corrected chi connectivity index (χ3v) is 8.48. The quantitative estimate of drug-likeness (QED) is 0.409. The minimum absolute atomic E-state index is 0.0105. The summed E-state index contributed by atoms with van der Waals surface area (Å²) in [7, 11) is 0. The van der Waals surface area contributed by atoms with Crippen LogP contribution in [0.15, 0.2) is 34.2 Å². The van der Waals surface area contributed by atoms with Crippen molar-refractivity contribution in [3.05, 3.63) is 45.7 Å². The minimum Gasteiger partial charge on any atom is -0.284 e. The largest absolute Gasteiger partial charge is 0.284 e. The first-order valence-electron chi connectivity index (χ1n) is 12.0. The Morgan fingerprint density at radius 1 is 1.03 bits per heavy atom. The first-order valence-corrected chi connectivity index (χ1v) is 12.9. The topological polar surface area (TPSA) is 34.9 Å². The van der Waals surface area contributed by atoms with Gasteiger partial charge in [0.05, 0.1) is 11.3 Å². The van der Waals surface area contributed by atoms with E-state index in [4.69, 9.17) is 4.98 Å². The van der Waals surface area contributed by atoms with E-state index in [1.165, 1.54) is 49.7 Å². The lowest BCUT2D eigenvalue weighted by molar-refractivity contribution is 0.273. The number of hydrogen-bond acceptors (Lipinski definition) is 3. The van der Waals surface area contributed by atoms with Gasteiger partial charge in [-0.05, 0) is 37.7 Å². The summed E-state index contributed by atoms with van der Waals surface area (Å²) in [5, 5.41) is 1.36. The lowest BCUT2D eigenvalue weighted by Gasteiger charge is -2.42. The second-order valence-electron chi connectivity index (χ2n) is 9.93. The zero-order valence-electron chi connectivity index (χ0n) is 18.5. The number of hydrogen-bond donors (Lipinski definition) is 0. The molecule has 4 heteroatoms. The molecule has 3 aliphatic rings. The van der Waals surface area contributed by atoms with E-state index in [1.807, 2.05) is 0 Å². The van der Waals surface area contributed by atoms with Crippen molar-refractivity contribution in [2.24, 2.45) is 0 Å². The van der Waals surface area contributed by atoms with Gasteiger partial charge in [0.2, 0.25) is 0 Å². The zero-order valence-corrected chi connectivity index (χ0v) is 19.3. The molecule has 2 saturated carbocycles. The van der Waals surface area contributed by atoms with Gasteiger partial charge >= 0.3 is 0 Å². The molecule has 2 fully saturated rings. The summed E-state index contributed by atoms with van der Waals surface area (Å²) in [6, 6.07) is 9.02. The van der Waals surface area contributed by atoms with Crippen molar-refractivity contribution in [3.63, 3.8) is 0 Å². The highest BCUT2D eigenvalue weighted by molar-refractivity contribution is 7.99. The van der Waals surface area contributed by atoms with Gasteiger partial charge in [-0.1, -0.05) is 88.4 Å². The summed E-state index contributed by atoms with van der Waals surface area (Å²) in [6.07, 6.45) is 13.0. The van der Waals surface area contributed by atoms with Crippen LogP contribution in [0.4, 0.5) is 0 Å². The van der Waals surface area contributed by atoms with Gasteiger partial charge in [0.15, 0.2) is 5.16 Å². The van der Waals surface area contributed by atoms with E-state index in [1.54, 1.807) is 11.8 Å². The highest BCUT2D eigenvalue weighted by Gasteiger charge is 2.44. The molecule has 30 heavy (non-hydrogen) atoms. The van der Waals surface area contributed by atoms with Gasteiger partial charge in [0.25, 0.3) is 5.56 Å². The van der Waals surface area contributed by atoms with Crippen molar-refractivity contribution in [1.29, 1.82) is 0 Å². The Morgan fingerprint density at radius 3 is 2.47 bits per heavy atom. The predicted octanol–water partition coefficient (Wildman–Crippen LogP) is 6.67. The van der Waals surface area contributed by atoms with Crippen LogP contribution in [0.3, 0.4) is 0 Å². The van der Waals surface area contributed by atoms with Crippen molar-refractivity contribution in [3.8, 4) is 11.3 Å². The number of nitrogens with zero attached hydrogens (tertiary/aromatic N) is 2. The second-order valence-corrected chi connectivity index (χ2v) is 11.5. The Hall–Kier alpha value is -1.55. The molecule has 2 aromatic rings. The fourth-order valence-corrected chi connectivity index (χ4v) is 7.07. The second kappa shape index (κ2) is 8.18. The van der Waals surface area contributed by atoms with E-state index >= 15 is 0 Å². The monoisotopic (exact) mass is 422 g/mol. The summed E-state index contributed by atoms with van der Waals surface area (Å²) >= 11 is 1.77. The summed E-state index contributed by atoms with van der Waals surface area (Å²) in [5.41, 5.74) is 4.91. The number of benzene rings is 1. The van der Waals surface area contributed by atoms with Crippen LogP contribution in [0.2, 0.25) is 0 Å². The van der Waals surface area contributed by atoms with Crippen LogP contribution in [0, 0.1) is 0 Å². The molecule has 3 aliphatic carbocycles. The molecule has 0 atom stereocenters. The van der Waals surface area contributed by atoms with E-state index in [0.717, 1.165) is 48.5 Å². The van der Waals surface area contributed by atoms with Gasteiger partial charge in [-0.3, -0.25) is 9.36 Å². The molecule has 0 radical (unpaired) electrons. The van der Waals surface area contributed by atoms with Gasteiger partial charge in [0.1, 0.15) is 0 Å². The van der Waals surface area contributed by atoms with E-state index in [-0.39, 0.29) is 11.0 Å². The average molecular weight is 423 g/mol. The van der Waals surface area contributed by atoms with E-state index in [0.29, 0.717) is 11.3 Å². The summed E-state index contributed by atoms with van der Waals surface area (Å²) < 4.78 is 2.15. The van der Waals surface area contributed by atoms with Crippen LogP contribution in [0.5, 0.6) is 0 Å². The van der Waals surface area contributed by atoms with Gasteiger partial charge < -0.3 is 0 Å². The van der Waals surface area contributed by atoms with Crippen LogP contribution >= 0.6 is 11.8 Å². The summed E-state index contributed by atoms with van der Waals surface area (Å²) in [4.78, 5) is 19.6. The Morgan fingerprint density at radius 2 is 1.73 bits per heavy atom. The Kier molecular flexibility index (Phi) is 5.55. The minimum atomic E-state index is -0.0105. The molecule has 160 valence electrons. The molecule has 3 nitrogen and oxygen atoms in total.